The standard InChI is InChI=1S/C12H23N3OS/c1-5-15(6-2)7-11-14-10(8-16-4)12(17-11)9(3)13/h9H,5-8,13H2,1-4H3. The Hall–Kier alpha value is -0.490. The van der Waals surface area contributed by atoms with Crippen LogP contribution in [0, 0.1) is 0 Å². The van der Waals surface area contributed by atoms with Gasteiger partial charge < -0.3 is 10.5 Å². The highest BCUT2D eigenvalue weighted by Crippen LogP contribution is 2.25. The van der Waals surface area contributed by atoms with E-state index in [2.05, 4.69) is 23.7 Å². The molecule has 1 rings (SSSR count). The molecule has 4 nitrogen and oxygen atoms in total. The molecule has 5 heteroatoms. The van der Waals surface area contributed by atoms with Crippen LogP contribution in [0.15, 0.2) is 0 Å². The molecule has 0 saturated heterocycles. The zero-order valence-electron chi connectivity index (χ0n) is 11.2. The van der Waals surface area contributed by atoms with E-state index in [4.69, 9.17) is 10.5 Å². The van der Waals surface area contributed by atoms with Gasteiger partial charge in [0.15, 0.2) is 0 Å². The van der Waals surface area contributed by atoms with Gasteiger partial charge in [0.1, 0.15) is 5.01 Å². The van der Waals surface area contributed by atoms with Crippen LogP contribution in [0.1, 0.15) is 42.4 Å². The van der Waals surface area contributed by atoms with Gasteiger partial charge in [-0.2, -0.15) is 0 Å². The van der Waals surface area contributed by atoms with E-state index in [1.54, 1.807) is 18.4 Å². The van der Waals surface area contributed by atoms with Crippen LogP contribution in [0.2, 0.25) is 0 Å². The van der Waals surface area contributed by atoms with E-state index in [-0.39, 0.29) is 6.04 Å². The lowest BCUT2D eigenvalue weighted by atomic mass is 10.2. The molecule has 1 unspecified atom stereocenters. The number of aromatic nitrogens is 1. The van der Waals surface area contributed by atoms with Crippen LogP contribution in [0.3, 0.4) is 0 Å². The number of hydrogen-bond donors (Lipinski definition) is 1. The third-order valence-electron chi connectivity index (χ3n) is 2.72. The van der Waals surface area contributed by atoms with Gasteiger partial charge in [-0.05, 0) is 20.0 Å². The molecule has 0 aliphatic heterocycles. The minimum absolute atomic E-state index is 0.0307. The summed E-state index contributed by atoms with van der Waals surface area (Å²) in [5, 5.41) is 1.13. The summed E-state index contributed by atoms with van der Waals surface area (Å²) in [6.07, 6.45) is 0. The Morgan fingerprint density at radius 2 is 2.06 bits per heavy atom. The van der Waals surface area contributed by atoms with Gasteiger partial charge in [-0.1, -0.05) is 13.8 Å². The van der Waals surface area contributed by atoms with E-state index < -0.39 is 0 Å². The molecule has 0 aliphatic rings. The zero-order valence-corrected chi connectivity index (χ0v) is 12.0. The summed E-state index contributed by atoms with van der Waals surface area (Å²) in [5.41, 5.74) is 6.95. The maximum Gasteiger partial charge on any atom is 0.107 e. The predicted octanol–water partition coefficient (Wildman–Crippen LogP) is 2.15. The highest BCUT2D eigenvalue weighted by Gasteiger charge is 2.15. The lowest BCUT2D eigenvalue weighted by Gasteiger charge is -2.15. The van der Waals surface area contributed by atoms with E-state index >= 15 is 0 Å². The highest BCUT2D eigenvalue weighted by atomic mass is 32.1. The van der Waals surface area contributed by atoms with E-state index in [1.807, 2.05) is 6.92 Å². The molecule has 0 fully saturated rings. The number of thiazole rings is 1. The van der Waals surface area contributed by atoms with Gasteiger partial charge in [0.05, 0.1) is 18.8 Å². The van der Waals surface area contributed by atoms with Gasteiger partial charge in [-0.25, -0.2) is 4.98 Å². The first-order chi connectivity index (χ1) is 8.12. The van der Waals surface area contributed by atoms with Gasteiger partial charge in [0.2, 0.25) is 0 Å². The van der Waals surface area contributed by atoms with Crippen molar-refractivity contribution in [3.63, 3.8) is 0 Å². The Labute approximate surface area is 108 Å². The molecule has 1 aromatic rings. The number of hydrogen-bond acceptors (Lipinski definition) is 5. The maximum atomic E-state index is 5.96. The fraction of sp³-hybridized carbons (Fsp3) is 0.750. The second-order valence-corrected chi connectivity index (χ2v) is 5.22. The molecule has 98 valence electrons. The first kappa shape index (κ1) is 14.6. The first-order valence-electron chi connectivity index (χ1n) is 6.07. The summed E-state index contributed by atoms with van der Waals surface area (Å²) in [6.45, 7) is 9.87. The van der Waals surface area contributed by atoms with Gasteiger partial charge >= 0.3 is 0 Å². The summed E-state index contributed by atoms with van der Waals surface area (Å²) >= 11 is 1.71. The molecular formula is C12H23N3OS. The first-order valence-corrected chi connectivity index (χ1v) is 6.89. The molecule has 0 saturated carbocycles. The zero-order chi connectivity index (χ0) is 12.8. The molecule has 1 atom stereocenters. The summed E-state index contributed by atoms with van der Waals surface area (Å²) in [5.74, 6) is 0. The van der Waals surface area contributed by atoms with Crippen molar-refractivity contribution in [3.05, 3.63) is 15.6 Å². The van der Waals surface area contributed by atoms with Crippen LogP contribution in [0.5, 0.6) is 0 Å². The smallest absolute Gasteiger partial charge is 0.107 e. The average molecular weight is 257 g/mol. The molecule has 0 aromatic carbocycles. The number of methoxy groups -OCH3 is 1. The summed E-state index contributed by atoms with van der Waals surface area (Å²) in [7, 11) is 1.69. The summed E-state index contributed by atoms with van der Waals surface area (Å²) in [4.78, 5) is 8.12. The average Bonchev–Trinajstić information content (AvgIpc) is 2.69. The van der Waals surface area contributed by atoms with Crippen molar-refractivity contribution in [1.29, 1.82) is 0 Å². The molecule has 0 bridgehead atoms. The van der Waals surface area contributed by atoms with E-state index in [1.165, 1.54) is 0 Å². The van der Waals surface area contributed by atoms with Gasteiger partial charge in [0.25, 0.3) is 0 Å². The van der Waals surface area contributed by atoms with Crippen LogP contribution < -0.4 is 5.73 Å². The fourth-order valence-electron chi connectivity index (χ4n) is 1.72. The topological polar surface area (TPSA) is 51.4 Å². The SMILES string of the molecule is CCN(CC)Cc1nc(COC)c(C(C)N)s1. The second kappa shape index (κ2) is 7.06. The van der Waals surface area contributed by atoms with Gasteiger partial charge in [0, 0.05) is 18.0 Å². The van der Waals surface area contributed by atoms with E-state index in [0.717, 1.165) is 35.2 Å². The van der Waals surface area contributed by atoms with Crippen LogP contribution in [0.4, 0.5) is 0 Å². The number of ether oxygens (including phenoxy) is 1. The Morgan fingerprint density at radius 3 is 2.53 bits per heavy atom. The van der Waals surface area contributed by atoms with Crippen molar-refractivity contribution in [2.45, 2.75) is 40.0 Å². The van der Waals surface area contributed by atoms with Crippen molar-refractivity contribution < 1.29 is 4.74 Å². The summed E-state index contributed by atoms with van der Waals surface area (Å²) in [6, 6.07) is 0.0307. The van der Waals surface area contributed by atoms with Gasteiger partial charge in [-0.3, -0.25) is 4.90 Å². The Morgan fingerprint density at radius 1 is 1.41 bits per heavy atom. The minimum atomic E-state index is 0.0307. The van der Waals surface area contributed by atoms with Crippen molar-refractivity contribution in [1.82, 2.24) is 9.88 Å². The van der Waals surface area contributed by atoms with Crippen LogP contribution in [-0.4, -0.2) is 30.1 Å². The fourth-order valence-corrected chi connectivity index (χ4v) is 2.78. The molecule has 2 N–H and O–H groups in total. The Bertz CT molecular complexity index is 334. The van der Waals surface area contributed by atoms with Gasteiger partial charge in [-0.15, -0.1) is 11.3 Å². The number of nitrogens with two attached hydrogens (primary N) is 1. The third-order valence-corrected chi connectivity index (χ3v) is 4.00. The number of nitrogens with zero attached hydrogens (tertiary/aromatic N) is 2. The van der Waals surface area contributed by atoms with Crippen LogP contribution in [-0.2, 0) is 17.9 Å². The molecular weight excluding hydrogens is 234 g/mol. The lowest BCUT2D eigenvalue weighted by molar-refractivity contribution is 0.180. The molecule has 17 heavy (non-hydrogen) atoms. The van der Waals surface area contributed by atoms with E-state index in [9.17, 15) is 0 Å². The van der Waals surface area contributed by atoms with E-state index in [0.29, 0.717) is 6.61 Å². The number of rotatable bonds is 7. The maximum absolute atomic E-state index is 5.96. The largest absolute Gasteiger partial charge is 0.378 e. The monoisotopic (exact) mass is 257 g/mol. The second-order valence-electron chi connectivity index (χ2n) is 4.10. The molecule has 1 heterocycles. The summed E-state index contributed by atoms with van der Waals surface area (Å²) < 4.78 is 5.16. The van der Waals surface area contributed by atoms with Crippen LogP contribution >= 0.6 is 11.3 Å². The Balaban J connectivity index is 2.83. The molecule has 0 aliphatic carbocycles. The van der Waals surface area contributed by atoms with Crippen molar-refractivity contribution in [2.24, 2.45) is 5.73 Å². The molecule has 0 radical (unpaired) electrons. The molecule has 1 aromatic heterocycles. The van der Waals surface area contributed by atoms with Crippen molar-refractivity contribution in [3.8, 4) is 0 Å². The lowest BCUT2D eigenvalue weighted by Crippen LogP contribution is -2.21. The minimum Gasteiger partial charge on any atom is -0.378 e. The van der Waals surface area contributed by atoms with Crippen molar-refractivity contribution >= 4 is 11.3 Å². The van der Waals surface area contributed by atoms with Crippen molar-refractivity contribution in [2.75, 3.05) is 20.2 Å². The molecule has 0 amide bonds. The molecule has 0 spiro atoms. The quantitative estimate of drug-likeness (QED) is 0.813. The third kappa shape index (κ3) is 4.03. The van der Waals surface area contributed by atoms with Crippen LogP contribution in [0.25, 0.3) is 0 Å². The highest BCUT2D eigenvalue weighted by molar-refractivity contribution is 7.11. The predicted molar refractivity (Wildman–Crippen MR) is 72.1 cm³/mol. The Kier molecular flexibility index (Phi) is 6.05. The normalized spacial score (nSPS) is 13.3.